The molecule has 0 spiro atoms. The van der Waals surface area contributed by atoms with Crippen LogP contribution in [0.15, 0.2) is 65.1 Å². The summed E-state index contributed by atoms with van der Waals surface area (Å²) in [6.07, 6.45) is 2.42. The second-order valence-electron chi connectivity index (χ2n) is 7.17. The molecule has 1 saturated heterocycles. The molecule has 1 aliphatic rings. The number of hydrogen-bond acceptors (Lipinski definition) is 4. The first kappa shape index (κ1) is 18.4. The van der Waals surface area contributed by atoms with E-state index >= 15 is 0 Å². The maximum Gasteiger partial charge on any atom is 0.273 e. The highest BCUT2D eigenvalue weighted by Gasteiger charge is 2.25. The minimum atomic E-state index is -0.191. The van der Waals surface area contributed by atoms with Crippen molar-refractivity contribution in [2.75, 3.05) is 19.6 Å². The van der Waals surface area contributed by atoms with Crippen molar-refractivity contribution < 1.29 is 9.21 Å². The van der Waals surface area contributed by atoms with Crippen LogP contribution in [0.1, 0.15) is 40.7 Å². The summed E-state index contributed by atoms with van der Waals surface area (Å²) in [6.45, 7) is 4.46. The monoisotopic (exact) mass is 375 g/mol. The molecule has 3 aromatic rings. The Bertz CT molecular complexity index is 916. The molecule has 28 heavy (non-hydrogen) atoms. The lowest BCUT2D eigenvalue weighted by atomic mass is 10.1. The zero-order valence-electron chi connectivity index (χ0n) is 16.1. The number of amides is 1. The molecule has 1 atom stereocenters. The van der Waals surface area contributed by atoms with Gasteiger partial charge in [0.2, 0.25) is 5.89 Å². The molecule has 144 valence electrons. The van der Waals surface area contributed by atoms with Gasteiger partial charge in [-0.3, -0.25) is 9.69 Å². The summed E-state index contributed by atoms with van der Waals surface area (Å²) < 4.78 is 5.73. The standard InChI is InChI=1S/C23H25N3O2/c1-17-21(25-23(28-17)19-12-6-3-7-13-19)22(27)24-16-20(26-14-8-9-15-26)18-10-4-2-5-11-18/h2-7,10-13,20H,8-9,14-16H2,1H3,(H,24,27)/t20-/m1/s1. The highest BCUT2D eigenvalue weighted by atomic mass is 16.4. The second kappa shape index (κ2) is 8.40. The maximum atomic E-state index is 12.8. The van der Waals surface area contributed by atoms with Crippen LogP contribution in [0.5, 0.6) is 0 Å². The van der Waals surface area contributed by atoms with Crippen molar-refractivity contribution >= 4 is 5.91 Å². The average molecular weight is 375 g/mol. The van der Waals surface area contributed by atoms with Gasteiger partial charge in [-0.1, -0.05) is 48.5 Å². The number of hydrogen-bond donors (Lipinski definition) is 1. The van der Waals surface area contributed by atoms with Crippen molar-refractivity contribution in [1.29, 1.82) is 0 Å². The van der Waals surface area contributed by atoms with Gasteiger partial charge in [-0.15, -0.1) is 0 Å². The lowest BCUT2D eigenvalue weighted by Gasteiger charge is -2.28. The third kappa shape index (κ3) is 3.99. The molecule has 5 heteroatoms. The van der Waals surface area contributed by atoms with Crippen molar-refractivity contribution in [3.63, 3.8) is 0 Å². The quantitative estimate of drug-likeness (QED) is 0.701. The van der Waals surface area contributed by atoms with Gasteiger partial charge in [-0.25, -0.2) is 4.98 Å². The van der Waals surface area contributed by atoms with Crippen molar-refractivity contribution in [3.8, 4) is 11.5 Å². The van der Waals surface area contributed by atoms with Crippen LogP contribution in [-0.4, -0.2) is 35.4 Å². The number of carbonyl (C=O) groups excluding carboxylic acids is 1. The Kier molecular flexibility index (Phi) is 5.53. The molecule has 1 aliphatic heterocycles. The predicted molar refractivity (Wildman–Crippen MR) is 109 cm³/mol. The third-order valence-corrected chi connectivity index (χ3v) is 5.25. The van der Waals surface area contributed by atoms with E-state index in [-0.39, 0.29) is 11.9 Å². The zero-order chi connectivity index (χ0) is 19.3. The maximum absolute atomic E-state index is 12.8. The fourth-order valence-corrected chi connectivity index (χ4v) is 3.77. The van der Waals surface area contributed by atoms with Gasteiger partial charge in [0.05, 0.1) is 6.04 Å². The SMILES string of the molecule is Cc1oc(-c2ccccc2)nc1C(=O)NC[C@H](c1ccccc1)N1CCCC1. The minimum Gasteiger partial charge on any atom is -0.441 e. The van der Waals surface area contributed by atoms with E-state index in [2.05, 4.69) is 27.3 Å². The molecule has 1 N–H and O–H groups in total. The van der Waals surface area contributed by atoms with Gasteiger partial charge in [-0.2, -0.15) is 0 Å². The summed E-state index contributed by atoms with van der Waals surface area (Å²) in [5.74, 6) is 0.819. The molecule has 1 aromatic heterocycles. The van der Waals surface area contributed by atoms with Crippen molar-refractivity contribution in [2.45, 2.75) is 25.8 Å². The van der Waals surface area contributed by atoms with E-state index in [1.165, 1.54) is 18.4 Å². The van der Waals surface area contributed by atoms with Crippen LogP contribution in [0.2, 0.25) is 0 Å². The zero-order valence-corrected chi connectivity index (χ0v) is 16.1. The second-order valence-corrected chi connectivity index (χ2v) is 7.17. The summed E-state index contributed by atoms with van der Waals surface area (Å²) in [5.41, 5.74) is 2.45. The molecule has 2 heterocycles. The minimum absolute atomic E-state index is 0.174. The summed E-state index contributed by atoms with van der Waals surface area (Å²) in [6, 6.07) is 20.2. The molecule has 5 nitrogen and oxygen atoms in total. The van der Waals surface area contributed by atoms with E-state index in [0.29, 0.717) is 23.9 Å². The van der Waals surface area contributed by atoms with Crippen LogP contribution >= 0.6 is 0 Å². The van der Waals surface area contributed by atoms with E-state index in [9.17, 15) is 4.79 Å². The van der Waals surface area contributed by atoms with Crippen molar-refractivity contribution in [1.82, 2.24) is 15.2 Å². The number of aryl methyl sites for hydroxylation is 1. The van der Waals surface area contributed by atoms with Crippen LogP contribution in [0, 0.1) is 6.92 Å². The third-order valence-electron chi connectivity index (χ3n) is 5.25. The topological polar surface area (TPSA) is 58.4 Å². The Morgan fingerprint density at radius 2 is 1.71 bits per heavy atom. The van der Waals surface area contributed by atoms with E-state index in [0.717, 1.165) is 18.7 Å². The Morgan fingerprint density at radius 3 is 2.39 bits per heavy atom. The summed E-state index contributed by atoms with van der Waals surface area (Å²) in [7, 11) is 0. The average Bonchev–Trinajstić information content (AvgIpc) is 3.40. The van der Waals surface area contributed by atoms with Gasteiger partial charge in [-0.05, 0) is 50.6 Å². The summed E-state index contributed by atoms with van der Waals surface area (Å²) >= 11 is 0. The Hall–Kier alpha value is -2.92. The molecule has 0 saturated carbocycles. The molecule has 2 aromatic carbocycles. The normalized spacial score (nSPS) is 15.5. The molecule has 0 aliphatic carbocycles. The molecule has 1 fully saturated rings. The Balaban J connectivity index is 1.49. The molecule has 0 unspecified atom stereocenters. The number of carbonyl (C=O) groups is 1. The lowest BCUT2D eigenvalue weighted by molar-refractivity contribution is 0.0932. The first-order valence-corrected chi connectivity index (χ1v) is 9.82. The first-order chi connectivity index (χ1) is 13.7. The van der Waals surface area contributed by atoms with Crippen LogP contribution in [0.25, 0.3) is 11.5 Å². The van der Waals surface area contributed by atoms with Crippen molar-refractivity contribution in [2.24, 2.45) is 0 Å². The number of oxazole rings is 1. The van der Waals surface area contributed by atoms with E-state index < -0.39 is 0 Å². The van der Waals surface area contributed by atoms with E-state index in [1.54, 1.807) is 6.92 Å². The van der Waals surface area contributed by atoms with Gasteiger partial charge in [0.15, 0.2) is 5.69 Å². The fraction of sp³-hybridized carbons (Fsp3) is 0.304. The van der Waals surface area contributed by atoms with Crippen LogP contribution in [0.4, 0.5) is 0 Å². The number of likely N-dealkylation sites (tertiary alicyclic amines) is 1. The smallest absolute Gasteiger partial charge is 0.273 e. The van der Waals surface area contributed by atoms with E-state index in [1.807, 2.05) is 48.5 Å². The summed E-state index contributed by atoms with van der Waals surface area (Å²) in [5, 5.41) is 3.08. The number of rotatable bonds is 6. The summed E-state index contributed by atoms with van der Waals surface area (Å²) in [4.78, 5) is 19.7. The molecular formula is C23H25N3O2. The molecule has 4 rings (SSSR count). The highest BCUT2D eigenvalue weighted by molar-refractivity contribution is 5.93. The Morgan fingerprint density at radius 1 is 1.07 bits per heavy atom. The molecule has 0 radical (unpaired) electrons. The van der Waals surface area contributed by atoms with Crippen LogP contribution in [0.3, 0.4) is 0 Å². The van der Waals surface area contributed by atoms with Gasteiger partial charge in [0.1, 0.15) is 5.76 Å². The Labute approximate surface area is 165 Å². The molecule has 0 bridgehead atoms. The highest BCUT2D eigenvalue weighted by Crippen LogP contribution is 2.25. The van der Waals surface area contributed by atoms with Crippen molar-refractivity contribution in [3.05, 3.63) is 77.7 Å². The number of nitrogens with zero attached hydrogens (tertiary/aromatic N) is 2. The first-order valence-electron chi connectivity index (χ1n) is 9.82. The number of benzene rings is 2. The number of nitrogens with one attached hydrogen (secondary N) is 1. The number of aromatic nitrogens is 1. The van der Waals surface area contributed by atoms with Gasteiger partial charge < -0.3 is 9.73 Å². The fourth-order valence-electron chi connectivity index (χ4n) is 3.77. The van der Waals surface area contributed by atoms with Crippen LogP contribution < -0.4 is 5.32 Å². The largest absolute Gasteiger partial charge is 0.441 e. The molecule has 1 amide bonds. The predicted octanol–water partition coefficient (Wildman–Crippen LogP) is 4.22. The van der Waals surface area contributed by atoms with E-state index in [4.69, 9.17) is 4.42 Å². The van der Waals surface area contributed by atoms with Crippen LogP contribution in [-0.2, 0) is 0 Å². The molecular weight excluding hydrogens is 350 g/mol. The van der Waals surface area contributed by atoms with Gasteiger partial charge in [0.25, 0.3) is 5.91 Å². The lowest BCUT2D eigenvalue weighted by Crippen LogP contribution is -2.37. The van der Waals surface area contributed by atoms with Gasteiger partial charge >= 0.3 is 0 Å². The van der Waals surface area contributed by atoms with Gasteiger partial charge in [0, 0.05) is 12.1 Å².